The summed E-state index contributed by atoms with van der Waals surface area (Å²) in [6.07, 6.45) is 3.36. The Morgan fingerprint density at radius 2 is 1.84 bits per heavy atom. The first-order valence-corrected chi connectivity index (χ1v) is 9.04. The van der Waals surface area contributed by atoms with E-state index in [1.807, 2.05) is 42.5 Å². The molecule has 2 aromatic rings. The minimum atomic E-state index is -0.548. The van der Waals surface area contributed by atoms with Gasteiger partial charge in [0.2, 0.25) is 0 Å². The van der Waals surface area contributed by atoms with E-state index in [0.717, 1.165) is 12.2 Å². The van der Waals surface area contributed by atoms with Crippen molar-refractivity contribution in [3.63, 3.8) is 0 Å². The zero-order chi connectivity index (χ0) is 17.5. The van der Waals surface area contributed by atoms with Crippen LogP contribution in [0, 0.1) is 0 Å². The average molecular weight is 338 g/mol. The predicted octanol–water partition coefficient (Wildman–Crippen LogP) is 4.08. The van der Waals surface area contributed by atoms with Crippen molar-refractivity contribution in [3.05, 3.63) is 60.2 Å². The largest absolute Gasteiger partial charge is 0.481 e. The van der Waals surface area contributed by atoms with Crippen molar-refractivity contribution >= 4 is 11.6 Å². The molecule has 25 heavy (non-hydrogen) atoms. The number of nitrogens with one attached hydrogen (secondary N) is 1. The highest BCUT2D eigenvalue weighted by molar-refractivity contribution is 5.94. The summed E-state index contributed by atoms with van der Waals surface area (Å²) < 4.78 is 5.68. The van der Waals surface area contributed by atoms with Crippen molar-refractivity contribution in [2.75, 3.05) is 18.4 Å². The second-order valence-electron chi connectivity index (χ2n) is 6.60. The molecule has 0 bridgehead atoms. The summed E-state index contributed by atoms with van der Waals surface area (Å²) in [7, 11) is 0. The van der Waals surface area contributed by atoms with Crippen LogP contribution < -0.4 is 10.1 Å². The maximum Gasteiger partial charge on any atom is 0.265 e. The highest BCUT2D eigenvalue weighted by atomic mass is 16.5. The van der Waals surface area contributed by atoms with Crippen molar-refractivity contribution < 1.29 is 9.53 Å². The molecule has 0 aromatic heterocycles. The summed E-state index contributed by atoms with van der Waals surface area (Å²) in [6.45, 7) is 5.04. The minimum absolute atomic E-state index is 0.140. The van der Waals surface area contributed by atoms with Gasteiger partial charge in [0.25, 0.3) is 5.91 Å². The molecule has 0 radical (unpaired) electrons. The van der Waals surface area contributed by atoms with Crippen LogP contribution in [0.15, 0.2) is 54.6 Å². The maximum absolute atomic E-state index is 12.4. The predicted molar refractivity (Wildman–Crippen MR) is 101 cm³/mol. The van der Waals surface area contributed by atoms with Gasteiger partial charge in [-0.1, -0.05) is 36.8 Å². The molecule has 3 rings (SSSR count). The molecule has 0 saturated carbocycles. The number of nitrogens with zero attached hydrogens (tertiary/aromatic N) is 1. The van der Waals surface area contributed by atoms with E-state index in [1.165, 1.54) is 37.9 Å². The Labute approximate surface area is 149 Å². The molecule has 1 fully saturated rings. The van der Waals surface area contributed by atoms with Gasteiger partial charge in [-0.25, -0.2) is 0 Å². The summed E-state index contributed by atoms with van der Waals surface area (Å²) in [5.41, 5.74) is 2.05. The Balaban J connectivity index is 1.56. The smallest absolute Gasteiger partial charge is 0.265 e. The quantitative estimate of drug-likeness (QED) is 0.863. The van der Waals surface area contributed by atoms with E-state index in [1.54, 1.807) is 6.92 Å². The number of likely N-dealkylation sites (tertiary alicyclic amines) is 1. The van der Waals surface area contributed by atoms with Gasteiger partial charge in [-0.3, -0.25) is 9.69 Å². The molecule has 2 aromatic carbocycles. The third kappa shape index (κ3) is 5.33. The first-order valence-electron chi connectivity index (χ1n) is 9.04. The second kappa shape index (κ2) is 8.67. The molecule has 1 heterocycles. The van der Waals surface area contributed by atoms with Gasteiger partial charge in [-0.05, 0) is 62.7 Å². The molecule has 4 nitrogen and oxygen atoms in total. The number of para-hydroxylation sites is 1. The van der Waals surface area contributed by atoms with Crippen LogP contribution in [0.3, 0.4) is 0 Å². The first kappa shape index (κ1) is 17.5. The Morgan fingerprint density at radius 1 is 1.08 bits per heavy atom. The van der Waals surface area contributed by atoms with E-state index in [9.17, 15) is 4.79 Å². The molecule has 1 saturated heterocycles. The van der Waals surface area contributed by atoms with Crippen LogP contribution in [-0.2, 0) is 11.3 Å². The van der Waals surface area contributed by atoms with E-state index in [-0.39, 0.29) is 5.91 Å². The molecule has 132 valence electrons. The van der Waals surface area contributed by atoms with Crippen molar-refractivity contribution in [1.29, 1.82) is 0 Å². The molecular weight excluding hydrogens is 312 g/mol. The Bertz CT molecular complexity index is 681. The van der Waals surface area contributed by atoms with Gasteiger partial charge in [0.15, 0.2) is 6.10 Å². The van der Waals surface area contributed by atoms with Crippen LogP contribution >= 0.6 is 0 Å². The first-order chi connectivity index (χ1) is 12.2. The molecule has 1 N–H and O–H groups in total. The van der Waals surface area contributed by atoms with Crippen LogP contribution in [0.25, 0.3) is 0 Å². The number of carbonyl (C=O) groups is 1. The number of piperidine rings is 1. The fourth-order valence-corrected chi connectivity index (χ4v) is 3.12. The lowest BCUT2D eigenvalue weighted by Gasteiger charge is -2.26. The zero-order valence-corrected chi connectivity index (χ0v) is 14.8. The number of amides is 1. The molecule has 1 atom stereocenters. The summed E-state index contributed by atoms with van der Waals surface area (Å²) in [5, 5.41) is 2.96. The number of hydrogen-bond acceptors (Lipinski definition) is 3. The fourth-order valence-electron chi connectivity index (χ4n) is 3.12. The van der Waals surface area contributed by atoms with Crippen LogP contribution in [0.4, 0.5) is 5.69 Å². The SMILES string of the molecule is CC(Oc1ccccc1)C(=O)Nc1cccc(CN2CCCCC2)c1. The zero-order valence-electron chi connectivity index (χ0n) is 14.8. The number of hydrogen-bond donors (Lipinski definition) is 1. The topological polar surface area (TPSA) is 41.6 Å². The van der Waals surface area contributed by atoms with Gasteiger partial charge < -0.3 is 10.1 Å². The standard InChI is InChI=1S/C21H26N2O2/c1-17(25-20-11-4-2-5-12-20)21(24)22-19-10-8-9-18(15-19)16-23-13-6-3-7-14-23/h2,4-5,8-12,15,17H,3,6-7,13-14,16H2,1H3,(H,22,24). The molecule has 1 aliphatic heterocycles. The second-order valence-corrected chi connectivity index (χ2v) is 6.60. The normalized spacial score (nSPS) is 16.2. The molecule has 4 heteroatoms. The van der Waals surface area contributed by atoms with Gasteiger partial charge in [-0.2, -0.15) is 0 Å². The van der Waals surface area contributed by atoms with Crippen LogP contribution in [0.1, 0.15) is 31.7 Å². The molecular formula is C21H26N2O2. The Kier molecular flexibility index (Phi) is 6.07. The number of carbonyl (C=O) groups excluding carboxylic acids is 1. The number of anilines is 1. The van der Waals surface area contributed by atoms with Crippen LogP contribution in [0.2, 0.25) is 0 Å². The number of ether oxygens (including phenoxy) is 1. The van der Waals surface area contributed by atoms with Crippen molar-refractivity contribution in [1.82, 2.24) is 4.90 Å². The molecule has 1 unspecified atom stereocenters. The maximum atomic E-state index is 12.4. The monoisotopic (exact) mass is 338 g/mol. The van der Waals surface area contributed by atoms with Gasteiger partial charge in [0, 0.05) is 12.2 Å². The van der Waals surface area contributed by atoms with E-state index < -0.39 is 6.10 Å². The Morgan fingerprint density at radius 3 is 2.60 bits per heavy atom. The summed E-state index contributed by atoms with van der Waals surface area (Å²) in [6, 6.07) is 17.5. The lowest BCUT2D eigenvalue weighted by molar-refractivity contribution is -0.122. The van der Waals surface area contributed by atoms with E-state index in [2.05, 4.69) is 22.3 Å². The summed E-state index contributed by atoms with van der Waals surface area (Å²) >= 11 is 0. The van der Waals surface area contributed by atoms with Crippen LogP contribution in [0.5, 0.6) is 5.75 Å². The number of rotatable bonds is 6. The Hall–Kier alpha value is -2.33. The van der Waals surface area contributed by atoms with E-state index in [4.69, 9.17) is 4.74 Å². The van der Waals surface area contributed by atoms with Crippen molar-refractivity contribution in [2.24, 2.45) is 0 Å². The molecule has 1 amide bonds. The van der Waals surface area contributed by atoms with Gasteiger partial charge in [-0.15, -0.1) is 0 Å². The lowest BCUT2D eigenvalue weighted by atomic mass is 10.1. The minimum Gasteiger partial charge on any atom is -0.481 e. The van der Waals surface area contributed by atoms with Gasteiger partial charge >= 0.3 is 0 Å². The highest BCUT2D eigenvalue weighted by Gasteiger charge is 2.15. The third-order valence-electron chi connectivity index (χ3n) is 4.47. The molecule has 0 spiro atoms. The van der Waals surface area contributed by atoms with Crippen molar-refractivity contribution in [3.8, 4) is 5.75 Å². The van der Waals surface area contributed by atoms with Gasteiger partial charge in [0.1, 0.15) is 5.75 Å². The van der Waals surface area contributed by atoms with E-state index >= 15 is 0 Å². The third-order valence-corrected chi connectivity index (χ3v) is 4.47. The average Bonchev–Trinajstić information content (AvgIpc) is 2.63. The molecule has 1 aliphatic rings. The highest BCUT2D eigenvalue weighted by Crippen LogP contribution is 2.17. The number of benzene rings is 2. The molecule has 0 aliphatic carbocycles. The van der Waals surface area contributed by atoms with Gasteiger partial charge in [0.05, 0.1) is 0 Å². The van der Waals surface area contributed by atoms with Crippen molar-refractivity contribution in [2.45, 2.75) is 38.8 Å². The van der Waals surface area contributed by atoms with E-state index in [0.29, 0.717) is 5.75 Å². The lowest BCUT2D eigenvalue weighted by Crippen LogP contribution is -2.30. The fraction of sp³-hybridized carbons (Fsp3) is 0.381. The van der Waals surface area contributed by atoms with Crippen LogP contribution in [-0.4, -0.2) is 30.0 Å². The summed E-state index contributed by atoms with van der Waals surface area (Å²) in [5.74, 6) is 0.558. The summed E-state index contributed by atoms with van der Waals surface area (Å²) in [4.78, 5) is 14.8.